The lowest BCUT2D eigenvalue weighted by Crippen LogP contribution is -2.49. The number of morpholine rings is 1. The first-order valence-electron chi connectivity index (χ1n) is 9.81. The smallest absolute Gasteiger partial charge is 0.317 e. The standard InChI is InChI=1S/C20H27ClN4O2/c21-16-3-4-18-15(13-23-19(18)12-16)5-6-22-20(26)25-7-1-2-17(25)14-24-8-10-27-11-9-24/h3-4,12-13,17,23H,1-2,5-11,14H2,(H,22,26). The second-order valence-electron chi connectivity index (χ2n) is 7.39. The highest BCUT2D eigenvalue weighted by molar-refractivity contribution is 6.31. The Bertz CT molecular complexity index is 787. The lowest BCUT2D eigenvalue weighted by atomic mass is 10.1. The third-order valence-electron chi connectivity index (χ3n) is 5.61. The monoisotopic (exact) mass is 390 g/mol. The Morgan fingerprint density at radius 3 is 3.00 bits per heavy atom. The Labute approximate surface area is 164 Å². The molecule has 6 nitrogen and oxygen atoms in total. The van der Waals surface area contributed by atoms with Crippen LogP contribution in [0.25, 0.3) is 10.9 Å². The zero-order valence-electron chi connectivity index (χ0n) is 15.5. The van der Waals surface area contributed by atoms with Gasteiger partial charge in [-0.25, -0.2) is 4.79 Å². The summed E-state index contributed by atoms with van der Waals surface area (Å²) in [7, 11) is 0. The van der Waals surface area contributed by atoms with Gasteiger partial charge >= 0.3 is 6.03 Å². The molecule has 0 spiro atoms. The van der Waals surface area contributed by atoms with E-state index in [1.54, 1.807) is 0 Å². The van der Waals surface area contributed by atoms with Crippen molar-refractivity contribution in [1.82, 2.24) is 20.1 Å². The number of aromatic amines is 1. The number of carbonyl (C=O) groups excluding carboxylic acids is 1. The van der Waals surface area contributed by atoms with Crippen LogP contribution >= 0.6 is 11.6 Å². The number of fused-ring (bicyclic) bond motifs is 1. The fourth-order valence-corrected chi connectivity index (χ4v) is 4.32. The number of hydrogen-bond acceptors (Lipinski definition) is 3. The Kier molecular flexibility index (Phi) is 5.86. The van der Waals surface area contributed by atoms with Crippen LogP contribution in [0, 0.1) is 0 Å². The van der Waals surface area contributed by atoms with E-state index >= 15 is 0 Å². The largest absolute Gasteiger partial charge is 0.379 e. The number of halogens is 1. The van der Waals surface area contributed by atoms with Crippen molar-refractivity contribution in [2.24, 2.45) is 0 Å². The summed E-state index contributed by atoms with van der Waals surface area (Å²) < 4.78 is 5.42. The average Bonchev–Trinajstić information content (AvgIpc) is 3.29. The van der Waals surface area contributed by atoms with Crippen molar-refractivity contribution in [3.63, 3.8) is 0 Å². The Morgan fingerprint density at radius 1 is 1.30 bits per heavy atom. The number of likely N-dealkylation sites (tertiary alicyclic amines) is 1. The number of hydrogen-bond donors (Lipinski definition) is 2. The van der Waals surface area contributed by atoms with Crippen molar-refractivity contribution >= 4 is 28.5 Å². The van der Waals surface area contributed by atoms with Crippen LogP contribution in [0.4, 0.5) is 4.79 Å². The molecule has 7 heteroatoms. The molecule has 1 unspecified atom stereocenters. The molecule has 3 heterocycles. The number of ether oxygens (including phenoxy) is 1. The fraction of sp³-hybridized carbons (Fsp3) is 0.550. The number of nitrogens with one attached hydrogen (secondary N) is 2. The van der Waals surface area contributed by atoms with Crippen LogP contribution in [0.5, 0.6) is 0 Å². The van der Waals surface area contributed by atoms with Gasteiger partial charge in [0.15, 0.2) is 0 Å². The number of rotatable bonds is 5. The van der Waals surface area contributed by atoms with Crippen molar-refractivity contribution < 1.29 is 9.53 Å². The van der Waals surface area contributed by atoms with Crippen molar-refractivity contribution in [2.75, 3.05) is 45.9 Å². The molecular formula is C20H27ClN4O2. The molecule has 1 aromatic carbocycles. The first kappa shape index (κ1) is 18.6. The van der Waals surface area contributed by atoms with Crippen LogP contribution in [0.3, 0.4) is 0 Å². The molecule has 2 aliphatic heterocycles. The van der Waals surface area contributed by atoms with Crippen LogP contribution in [-0.2, 0) is 11.2 Å². The molecule has 2 amide bonds. The van der Waals surface area contributed by atoms with Crippen LogP contribution in [0.1, 0.15) is 18.4 Å². The van der Waals surface area contributed by atoms with Gasteiger partial charge in [0.05, 0.1) is 13.2 Å². The van der Waals surface area contributed by atoms with E-state index in [0.717, 1.165) is 69.2 Å². The molecule has 2 fully saturated rings. The third kappa shape index (κ3) is 4.39. The van der Waals surface area contributed by atoms with Crippen LogP contribution in [0.2, 0.25) is 5.02 Å². The predicted octanol–water partition coefficient (Wildman–Crippen LogP) is 2.87. The van der Waals surface area contributed by atoms with E-state index in [-0.39, 0.29) is 6.03 Å². The fourth-order valence-electron chi connectivity index (χ4n) is 4.15. The normalized spacial score (nSPS) is 21.1. The highest BCUT2D eigenvalue weighted by atomic mass is 35.5. The van der Waals surface area contributed by atoms with Crippen molar-refractivity contribution in [2.45, 2.75) is 25.3 Å². The molecule has 27 heavy (non-hydrogen) atoms. The zero-order valence-corrected chi connectivity index (χ0v) is 16.3. The van der Waals surface area contributed by atoms with Gasteiger partial charge in [0.25, 0.3) is 0 Å². The summed E-state index contributed by atoms with van der Waals surface area (Å²) >= 11 is 6.04. The molecule has 0 saturated carbocycles. The summed E-state index contributed by atoms with van der Waals surface area (Å²) in [5, 5.41) is 5.00. The summed E-state index contributed by atoms with van der Waals surface area (Å²) in [5.74, 6) is 0. The van der Waals surface area contributed by atoms with E-state index in [2.05, 4.69) is 15.2 Å². The number of amides is 2. The number of H-pyrrole nitrogens is 1. The molecule has 4 rings (SSSR count). The van der Waals surface area contributed by atoms with Crippen LogP contribution < -0.4 is 5.32 Å². The molecule has 2 aromatic rings. The topological polar surface area (TPSA) is 60.6 Å². The highest BCUT2D eigenvalue weighted by Crippen LogP contribution is 2.22. The van der Waals surface area contributed by atoms with Crippen LogP contribution in [0.15, 0.2) is 24.4 Å². The van der Waals surface area contributed by atoms with Gasteiger partial charge in [-0.3, -0.25) is 4.90 Å². The number of aromatic nitrogens is 1. The van der Waals surface area contributed by atoms with Gasteiger partial charge in [0, 0.05) is 60.9 Å². The molecule has 0 aliphatic carbocycles. The molecule has 1 atom stereocenters. The molecular weight excluding hydrogens is 364 g/mol. The van der Waals surface area contributed by atoms with Gasteiger partial charge in [0.1, 0.15) is 0 Å². The van der Waals surface area contributed by atoms with E-state index in [1.807, 2.05) is 29.3 Å². The maximum Gasteiger partial charge on any atom is 0.317 e. The molecule has 2 saturated heterocycles. The molecule has 1 aromatic heterocycles. The minimum atomic E-state index is 0.0636. The van der Waals surface area contributed by atoms with E-state index in [0.29, 0.717) is 12.6 Å². The molecule has 0 bridgehead atoms. The second-order valence-corrected chi connectivity index (χ2v) is 7.82. The predicted molar refractivity (Wildman–Crippen MR) is 107 cm³/mol. The first-order valence-corrected chi connectivity index (χ1v) is 10.2. The number of benzene rings is 1. The minimum Gasteiger partial charge on any atom is -0.379 e. The minimum absolute atomic E-state index is 0.0636. The van der Waals surface area contributed by atoms with Crippen molar-refractivity contribution in [3.8, 4) is 0 Å². The Balaban J connectivity index is 1.29. The van der Waals surface area contributed by atoms with E-state index < -0.39 is 0 Å². The quantitative estimate of drug-likeness (QED) is 0.825. The number of nitrogens with zero attached hydrogens (tertiary/aromatic N) is 2. The lowest BCUT2D eigenvalue weighted by Gasteiger charge is -2.32. The third-order valence-corrected chi connectivity index (χ3v) is 5.85. The summed E-state index contributed by atoms with van der Waals surface area (Å²) in [4.78, 5) is 20.4. The van der Waals surface area contributed by atoms with E-state index in [1.165, 1.54) is 10.9 Å². The maximum absolute atomic E-state index is 12.7. The summed E-state index contributed by atoms with van der Waals surface area (Å²) in [6.45, 7) is 5.98. The van der Waals surface area contributed by atoms with Gasteiger partial charge in [0.2, 0.25) is 0 Å². The molecule has 146 valence electrons. The SMILES string of the molecule is O=C(NCCc1c[nH]c2cc(Cl)ccc12)N1CCCC1CN1CCOCC1. The van der Waals surface area contributed by atoms with Gasteiger partial charge in [-0.2, -0.15) is 0 Å². The summed E-state index contributed by atoms with van der Waals surface area (Å²) in [6.07, 6.45) is 4.99. The summed E-state index contributed by atoms with van der Waals surface area (Å²) in [6, 6.07) is 6.25. The zero-order chi connectivity index (χ0) is 18.6. The van der Waals surface area contributed by atoms with E-state index in [4.69, 9.17) is 16.3 Å². The molecule has 2 aliphatic rings. The van der Waals surface area contributed by atoms with Gasteiger partial charge in [-0.15, -0.1) is 0 Å². The summed E-state index contributed by atoms with van der Waals surface area (Å²) in [5.41, 5.74) is 2.24. The number of carbonyl (C=O) groups is 1. The lowest BCUT2D eigenvalue weighted by molar-refractivity contribution is 0.0292. The maximum atomic E-state index is 12.7. The van der Waals surface area contributed by atoms with Gasteiger partial charge in [-0.05, 0) is 37.0 Å². The second kappa shape index (κ2) is 8.50. The van der Waals surface area contributed by atoms with E-state index in [9.17, 15) is 4.79 Å². The van der Waals surface area contributed by atoms with Gasteiger partial charge < -0.3 is 19.9 Å². The first-order chi connectivity index (χ1) is 13.2. The molecule has 0 radical (unpaired) electrons. The highest BCUT2D eigenvalue weighted by Gasteiger charge is 2.30. The Hall–Kier alpha value is -1.76. The Morgan fingerprint density at radius 2 is 2.15 bits per heavy atom. The van der Waals surface area contributed by atoms with Crippen LogP contribution in [-0.4, -0.2) is 72.8 Å². The van der Waals surface area contributed by atoms with Crippen molar-refractivity contribution in [1.29, 1.82) is 0 Å². The van der Waals surface area contributed by atoms with Gasteiger partial charge in [-0.1, -0.05) is 17.7 Å². The number of urea groups is 1. The molecule has 2 N–H and O–H groups in total. The van der Waals surface area contributed by atoms with Crippen molar-refractivity contribution in [3.05, 3.63) is 35.0 Å². The average molecular weight is 391 g/mol.